The third kappa shape index (κ3) is 0.830. The van der Waals surface area contributed by atoms with Gasteiger partial charge >= 0.3 is 5.82 Å². The molecule has 14 heavy (non-hydrogen) atoms. The van der Waals surface area contributed by atoms with Crippen molar-refractivity contribution < 1.29 is 10.1 Å². The zero-order valence-electron chi connectivity index (χ0n) is 7.14. The molecule has 0 atom stereocenters. The summed E-state index contributed by atoms with van der Waals surface area (Å²) < 4.78 is 0. The molecule has 2 aromatic rings. The van der Waals surface area contributed by atoms with Gasteiger partial charge in [0.05, 0.1) is 16.8 Å². The lowest BCUT2D eigenvalue weighted by atomic mass is 10.2. The van der Waals surface area contributed by atoms with Gasteiger partial charge in [0.1, 0.15) is 5.52 Å². The Balaban J connectivity index is 2.96. The van der Waals surface area contributed by atoms with E-state index in [1.807, 2.05) is 0 Å². The van der Waals surface area contributed by atoms with Crippen LogP contribution in [0.1, 0.15) is 0 Å². The van der Waals surface area contributed by atoms with Crippen LogP contribution in [0.2, 0.25) is 0 Å². The summed E-state index contributed by atoms with van der Waals surface area (Å²) in [5.74, 6) is -0.116. The maximum Gasteiger partial charge on any atom is 0.307 e. The maximum absolute atomic E-state index is 11.1. The van der Waals surface area contributed by atoms with Crippen molar-refractivity contribution in [2.45, 2.75) is 0 Å². The Morgan fingerprint density at radius 3 is 2.43 bits per heavy atom. The minimum absolute atomic E-state index is 0.116. The lowest BCUT2D eigenvalue weighted by Gasteiger charge is -2.00. The van der Waals surface area contributed by atoms with Crippen molar-refractivity contribution in [3.8, 4) is 0 Å². The Hall–Kier alpha value is -2.31. The highest BCUT2D eigenvalue weighted by atomic mass is 16.6. The first-order chi connectivity index (χ1) is 6.52. The molecule has 0 amide bonds. The Bertz CT molecular complexity index is 474. The van der Waals surface area contributed by atoms with Crippen molar-refractivity contribution in [1.82, 2.24) is 4.85 Å². The minimum Gasteiger partial charge on any atom is -0.690 e. The molecule has 7 N–H and O–H groups in total. The van der Waals surface area contributed by atoms with Crippen LogP contribution in [0.5, 0.6) is 0 Å². The zero-order valence-corrected chi connectivity index (χ0v) is 7.14. The van der Waals surface area contributed by atoms with Crippen molar-refractivity contribution in [2.75, 3.05) is 17.2 Å². The monoisotopic (exact) mass is 195 g/mol. The molecule has 0 aliphatic heterocycles. The van der Waals surface area contributed by atoms with Gasteiger partial charge in [0.25, 0.3) is 0 Å². The summed E-state index contributed by atoms with van der Waals surface area (Å²) in [6.45, 7) is 0. The molecule has 0 radical (unpaired) electrons. The molecule has 0 spiro atoms. The molecule has 74 valence electrons. The number of fused-ring (bicyclic) bond motifs is 1. The lowest BCUT2D eigenvalue weighted by Crippen LogP contribution is -2.38. The van der Waals surface area contributed by atoms with E-state index in [0.29, 0.717) is 15.9 Å². The highest BCUT2D eigenvalue weighted by molar-refractivity contribution is 5.93. The molecule has 0 saturated carbocycles. The fraction of sp³-hybridized carbons (Fsp3) is 0. The van der Waals surface area contributed by atoms with E-state index in [9.17, 15) is 10.4 Å². The van der Waals surface area contributed by atoms with Crippen molar-refractivity contribution in [3.63, 3.8) is 0 Å². The van der Waals surface area contributed by atoms with Crippen molar-refractivity contribution in [3.05, 3.63) is 17.3 Å². The van der Waals surface area contributed by atoms with Crippen LogP contribution in [0.15, 0.2) is 12.1 Å². The molecule has 0 saturated heterocycles. The van der Waals surface area contributed by atoms with Gasteiger partial charge in [0, 0.05) is 0 Å². The van der Waals surface area contributed by atoms with Crippen LogP contribution in [0.25, 0.3) is 10.9 Å². The molecule has 7 nitrogen and oxygen atoms in total. The summed E-state index contributed by atoms with van der Waals surface area (Å²) in [4.78, 5) is 0.532. The van der Waals surface area contributed by atoms with Gasteiger partial charge in [-0.1, -0.05) is 0 Å². The van der Waals surface area contributed by atoms with E-state index in [2.05, 4.69) is 0 Å². The van der Waals surface area contributed by atoms with Gasteiger partial charge in [0.2, 0.25) is 0 Å². The van der Waals surface area contributed by atoms with Gasteiger partial charge < -0.3 is 21.9 Å². The molecule has 2 rings (SSSR count). The van der Waals surface area contributed by atoms with E-state index < -0.39 is 0 Å². The standard InChI is InChI=1S/C7H9N5O2/c8-4-1-3-6(2-5(4)9)11(13)12(14)7(3)10/h1-2,13H,8-10H2. The Morgan fingerprint density at radius 1 is 1.21 bits per heavy atom. The fourth-order valence-corrected chi connectivity index (χ4v) is 1.29. The van der Waals surface area contributed by atoms with Gasteiger partial charge in [0.15, 0.2) is 0 Å². The second kappa shape index (κ2) is 2.34. The zero-order chi connectivity index (χ0) is 10.5. The molecule has 7 heteroatoms. The number of benzene rings is 1. The molecule has 0 unspecified atom stereocenters. The predicted molar refractivity (Wildman–Crippen MR) is 51.3 cm³/mol. The first-order valence-corrected chi connectivity index (χ1v) is 3.80. The summed E-state index contributed by atoms with van der Waals surface area (Å²) in [7, 11) is 0. The van der Waals surface area contributed by atoms with Crippen molar-refractivity contribution in [2.24, 2.45) is 0 Å². The van der Waals surface area contributed by atoms with E-state index >= 15 is 0 Å². The second-order valence-electron chi connectivity index (χ2n) is 2.95. The van der Waals surface area contributed by atoms with E-state index in [0.717, 1.165) is 0 Å². The summed E-state index contributed by atoms with van der Waals surface area (Å²) in [5, 5.41) is 20.8. The molecule has 0 aliphatic carbocycles. The number of nitrogen functional groups attached to an aromatic ring is 3. The SMILES string of the molecule is Nc1cc2c(N)[n+]([O-])n(O)c2cc1N. The number of nitrogens with two attached hydrogens (primary N) is 3. The number of nitrogens with zero attached hydrogens (tertiary/aromatic N) is 2. The van der Waals surface area contributed by atoms with Crippen LogP contribution in [0, 0.1) is 5.21 Å². The number of hydrogen-bond acceptors (Lipinski definition) is 5. The summed E-state index contributed by atoms with van der Waals surface area (Å²) >= 11 is 0. The highest BCUT2D eigenvalue weighted by Gasteiger charge is 2.16. The van der Waals surface area contributed by atoms with Crippen LogP contribution in [0.4, 0.5) is 17.2 Å². The average molecular weight is 195 g/mol. The third-order valence-electron chi connectivity index (χ3n) is 2.07. The van der Waals surface area contributed by atoms with E-state index in [1.165, 1.54) is 12.1 Å². The van der Waals surface area contributed by atoms with Crippen LogP contribution in [0.3, 0.4) is 0 Å². The fourth-order valence-electron chi connectivity index (χ4n) is 1.29. The normalized spacial score (nSPS) is 10.9. The number of aromatic nitrogens is 2. The van der Waals surface area contributed by atoms with Crippen LogP contribution in [-0.4, -0.2) is 10.1 Å². The second-order valence-corrected chi connectivity index (χ2v) is 2.95. The number of hydrogen-bond donors (Lipinski definition) is 4. The Morgan fingerprint density at radius 2 is 1.79 bits per heavy atom. The van der Waals surface area contributed by atoms with Gasteiger partial charge in [-0.25, -0.2) is 0 Å². The lowest BCUT2D eigenvalue weighted by molar-refractivity contribution is -0.709. The average Bonchev–Trinajstić information content (AvgIpc) is 2.34. The van der Waals surface area contributed by atoms with Gasteiger partial charge in [-0.3, -0.25) is 5.73 Å². The molecule has 0 aliphatic rings. The highest BCUT2D eigenvalue weighted by Crippen LogP contribution is 2.25. The Kier molecular flexibility index (Phi) is 1.39. The molecule has 1 aromatic heterocycles. The molecule has 0 fully saturated rings. The first-order valence-electron chi connectivity index (χ1n) is 3.80. The van der Waals surface area contributed by atoms with Gasteiger partial charge in [-0.2, -0.15) is 0 Å². The molecule has 0 bridgehead atoms. The maximum atomic E-state index is 11.1. The largest absolute Gasteiger partial charge is 0.690 e. The molecule has 1 aromatic carbocycles. The van der Waals surface area contributed by atoms with Gasteiger partial charge in [-0.15, -0.1) is 4.85 Å². The molecular weight excluding hydrogens is 186 g/mol. The third-order valence-corrected chi connectivity index (χ3v) is 2.07. The number of anilines is 3. The van der Waals surface area contributed by atoms with Crippen molar-refractivity contribution >= 4 is 28.1 Å². The van der Waals surface area contributed by atoms with Crippen molar-refractivity contribution in [1.29, 1.82) is 0 Å². The summed E-state index contributed by atoms with van der Waals surface area (Å²) in [6.07, 6.45) is 0. The Labute approximate surface area is 78.4 Å². The van der Waals surface area contributed by atoms with Gasteiger partial charge in [-0.05, 0) is 17.0 Å². The minimum atomic E-state index is -0.116. The first kappa shape index (κ1) is 8.30. The number of rotatable bonds is 0. The summed E-state index contributed by atoms with van der Waals surface area (Å²) in [5.41, 5.74) is 17.3. The van der Waals surface area contributed by atoms with E-state index in [1.54, 1.807) is 0 Å². The van der Waals surface area contributed by atoms with Crippen LogP contribution < -0.4 is 22.0 Å². The molecular formula is C7H9N5O2. The quantitative estimate of drug-likeness (QED) is 0.190. The summed E-state index contributed by atoms with van der Waals surface area (Å²) in [6, 6.07) is 2.83. The smallest absolute Gasteiger partial charge is 0.307 e. The van der Waals surface area contributed by atoms with Crippen LogP contribution in [-0.2, 0) is 0 Å². The topological polar surface area (TPSA) is 130 Å². The van der Waals surface area contributed by atoms with Crippen LogP contribution >= 0.6 is 0 Å². The van der Waals surface area contributed by atoms with E-state index in [4.69, 9.17) is 17.2 Å². The van der Waals surface area contributed by atoms with E-state index in [-0.39, 0.29) is 21.9 Å². The molecule has 1 heterocycles. The predicted octanol–water partition coefficient (Wildman–Crippen LogP) is -0.741.